The number of anilines is 1. The highest BCUT2D eigenvalue weighted by molar-refractivity contribution is 7.99. The van der Waals surface area contributed by atoms with Gasteiger partial charge in [-0.3, -0.25) is 14.2 Å². The summed E-state index contributed by atoms with van der Waals surface area (Å²) in [5.74, 6) is 0.682. The van der Waals surface area contributed by atoms with E-state index < -0.39 is 0 Å². The molecule has 0 unspecified atom stereocenters. The minimum absolute atomic E-state index is 0.108. The van der Waals surface area contributed by atoms with Gasteiger partial charge in [0.2, 0.25) is 5.91 Å². The van der Waals surface area contributed by atoms with Crippen molar-refractivity contribution in [2.45, 2.75) is 19.0 Å². The number of carbonyl (C=O) groups is 1. The lowest BCUT2D eigenvalue weighted by molar-refractivity contribution is -0.113. The number of fused-ring (bicyclic) bond motifs is 1. The first kappa shape index (κ1) is 22.3. The van der Waals surface area contributed by atoms with Gasteiger partial charge in [-0.25, -0.2) is 4.98 Å². The molecule has 7 nitrogen and oxygen atoms in total. The Balaban J connectivity index is 1.59. The Labute approximate surface area is 197 Å². The van der Waals surface area contributed by atoms with Crippen molar-refractivity contribution in [1.29, 1.82) is 0 Å². The Morgan fingerprint density at radius 3 is 2.72 bits per heavy atom. The van der Waals surface area contributed by atoms with E-state index in [0.29, 0.717) is 26.1 Å². The van der Waals surface area contributed by atoms with Gasteiger partial charge in [0, 0.05) is 11.4 Å². The van der Waals surface area contributed by atoms with Gasteiger partial charge < -0.3 is 15.0 Å². The van der Waals surface area contributed by atoms with Crippen LogP contribution in [0.25, 0.3) is 16.0 Å². The second-order valence-corrected chi connectivity index (χ2v) is 9.41. The molecule has 0 atom stereocenters. The number of nitrogens with zero attached hydrogens (tertiary/aromatic N) is 2. The number of thioether (sulfide) groups is 1. The molecule has 32 heavy (non-hydrogen) atoms. The number of benzene rings is 2. The van der Waals surface area contributed by atoms with Crippen LogP contribution in [0.2, 0.25) is 0 Å². The average Bonchev–Trinajstić information content (AvgIpc) is 3.11. The number of nitrogens with one attached hydrogen (secondary N) is 2. The number of carbonyl (C=O) groups excluding carboxylic acids is 1. The predicted molar refractivity (Wildman–Crippen MR) is 132 cm³/mol. The van der Waals surface area contributed by atoms with Crippen molar-refractivity contribution >= 4 is 57.3 Å². The number of hydrogen-bond acceptors (Lipinski definition) is 7. The van der Waals surface area contributed by atoms with Gasteiger partial charge in [-0.15, -0.1) is 0 Å². The van der Waals surface area contributed by atoms with Gasteiger partial charge in [0.15, 0.2) is 14.8 Å². The highest BCUT2D eigenvalue weighted by Gasteiger charge is 2.15. The molecule has 0 bridgehead atoms. The second-order valence-electron chi connectivity index (χ2n) is 6.81. The highest BCUT2D eigenvalue weighted by atomic mass is 32.2. The summed E-state index contributed by atoms with van der Waals surface area (Å²) in [4.78, 5) is 32.4. The summed E-state index contributed by atoms with van der Waals surface area (Å²) in [6.45, 7) is 4.43. The van der Waals surface area contributed by atoms with Crippen LogP contribution in [0, 0.1) is 10.9 Å². The third-order valence-electron chi connectivity index (χ3n) is 4.59. The molecule has 164 valence electrons. The number of para-hydroxylation sites is 1. The molecule has 0 spiro atoms. The summed E-state index contributed by atoms with van der Waals surface area (Å²) < 4.78 is 8.21. The van der Waals surface area contributed by atoms with Gasteiger partial charge >= 0.3 is 0 Å². The lowest BCUT2D eigenvalue weighted by Crippen LogP contribution is -2.16. The topological polar surface area (TPSA) is 89.0 Å². The third-order valence-corrected chi connectivity index (χ3v) is 6.82. The minimum Gasteiger partial charge on any atom is -0.494 e. The summed E-state index contributed by atoms with van der Waals surface area (Å²) in [7, 11) is 0. The van der Waals surface area contributed by atoms with Crippen LogP contribution in [0.15, 0.2) is 58.5 Å². The number of H-pyrrole nitrogens is 1. The molecule has 0 fully saturated rings. The van der Waals surface area contributed by atoms with Crippen molar-refractivity contribution in [3.05, 3.63) is 68.4 Å². The van der Waals surface area contributed by atoms with Crippen LogP contribution in [0.5, 0.6) is 5.75 Å². The van der Waals surface area contributed by atoms with Gasteiger partial charge in [-0.1, -0.05) is 41.3 Å². The van der Waals surface area contributed by atoms with Crippen molar-refractivity contribution in [1.82, 2.24) is 14.5 Å². The number of rotatable bonds is 7. The van der Waals surface area contributed by atoms with E-state index in [1.54, 1.807) is 4.57 Å². The molecule has 4 rings (SSSR count). The molecule has 2 heterocycles. The van der Waals surface area contributed by atoms with E-state index in [-0.39, 0.29) is 17.2 Å². The maximum Gasteiger partial charge on any atom is 0.271 e. The Kier molecular flexibility index (Phi) is 6.73. The summed E-state index contributed by atoms with van der Waals surface area (Å²) in [6, 6.07) is 15.0. The Morgan fingerprint density at radius 2 is 2.00 bits per heavy atom. The van der Waals surface area contributed by atoms with E-state index in [9.17, 15) is 9.59 Å². The van der Waals surface area contributed by atoms with E-state index in [0.717, 1.165) is 34.4 Å². The fourth-order valence-corrected chi connectivity index (χ4v) is 5.01. The normalized spacial score (nSPS) is 10.9. The molecule has 0 aliphatic carbocycles. The van der Waals surface area contributed by atoms with E-state index >= 15 is 0 Å². The predicted octanol–water partition coefficient (Wildman–Crippen LogP) is 4.94. The molecule has 0 saturated carbocycles. The molecule has 2 aromatic heterocycles. The molecule has 2 aromatic carbocycles. The number of aryl methyl sites for hydroxylation is 1. The van der Waals surface area contributed by atoms with Crippen molar-refractivity contribution in [2.75, 3.05) is 17.7 Å². The summed E-state index contributed by atoms with van der Waals surface area (Å²) in [6.07, 6.45) is 0. The summed E-state index contributed by atoms with van der Waals surface area (Å²) >= 11 is 7.87. The third kappa shape index (κ3) is 4.77. The van der Waals surface area contributed by atoms with Crippen LogP contribution < -0.4 is 15.6 Å². The van der Waals surface area contributed by atoms with Crippen LogP contribution in [0.1, 0.15) is 12.5 Å². The van der Waals surface area contributed by atoms with Crippen molar-refractivity contribution < 1.29 is 9.53 Å². The van der Waals surface area contributed by atoms with E-state index in [2.05, 4.69) is 15.3 Å². The molecular weight excluding hydrogens is 464 g/mol. The molecule has 0 aliphatic rings. The minimum atomic E-state index is -0.280. The molecule has 10 heteroatoms. The Bertz CT molecular complexity index is 1390. The number of aromatic amines is 1. The van der Waals surface area contributed by atoms with Gasteiger partial charge in [0.25, 0.3) is 5.56 Å². The number of aromatic nitrogens is 3. The molecule has 0 radical (unpaired) electrons. The zero-order valence-corrected chi connectivity index (χ0v) is 19.8. The van der Waals surface area contributed by atoms with Crippen LogP contribution in [0.3, 0.4) is 0 Å². The number of thiazole rings is 1. The monoisotopic (exact) mass is 484 g/mol. The zero-order chi connectivity index (χ0) is 22.7. The average molecular weight is 485 g/mol. The molecule has 0 aliphatic heterocycles. The molecule has 0 saturated heterocycles. The van der Waals surface area contributed by atoms with Crippen molar-refractivity contribution in [3.8, 4) is 11.4 Å². The maximum atomic E-state index is 12.6. The molecule has 2 N–H and O–H groups in total. The SMILES string of the molecule is CCOc1ccc(-n2c(=S)sc3c(=O)[nH]c(SCC(=O)Nc4ccccc4C)nc32)cc1. The van der Waals surface area contributed by atoms with Gasteiger partial charge in [-0.2, -0.15) is 0 Å². The summed E-state index contributed by atoms with van der Waals surface area (Å²) in [5, 5.41) is 3.23. The van der Waals surface area contributed by atoms with Crippen molar-refractivity contribution in [3.63, 3.8) is 0 Å². The van der Waals surface area contributed by atoms with Crippen LogP contribution >= 0.6 is 35.3 Å². The number of ether oxygens (including phenoxy) is 1. The standard InChI is InChI=1S/C22H20N4O3S3/c1-3-29-15-10-8-14(9-11-15)26-19-18(32-22(26)30)20(28)25-21(24-19)31-12-17(27)23-16-7-5-4-6-13(16)2/h4-11H,3,12H2,1-2H3,(H,23,27)(H,24,25,28). The smallest absolute Gasteiger partial charge is 0.271 e. The van der Waals surface area contributed by atoms with Gasteiger partial charge in [-0.05, 0) is 62.0 Å². The second kappa shape index (κ2) is 9.68. The lowest BCUT2D eigenvalue weighted by Gasteiger charge is -2.08. The Hall–Kier alpha value is -2.95. The first-order chi connectivity index (χ1) is 15.5. The first-order valence-electron chi connectivity index (χ1n) is 9.83. The fourth-order valence-electron chi connectivity index (χ4n) is 3.08. The van der Waals surface area contributed by atoms with Gasteiger partial charge in [0.05, 0.1) is 12.4 Å². The van der Waals surface area contributed by atoms with Gasteiger partial charge in [0.1, 0.15) is 10.4 Å². The largest absolute Gasteiger partial charge is 0.494 e. The van der Waals surface area contributed by atoms with Crippen molar-refractivity contribution in [2.24, 2.45) is 0 Å². The van der Waals surface area contributed by atoms with Crippen LogP contribution in [-0.4, -0.2) is 32.8 Å². The molecule has 4 aromatic rings. The highest BCUT2D eigenvalue weighted by Crippen LogP contribution is 2.26. The van der Waals surface area contributed by atoms with Crippen LogP contribution in [-0.2, 0) is 4.79 Å². The molecular formula is C22H20N4O3S3. The van der Waals surface area contributed by atoms with E-state index in [1.807, 2.05) is 62.4 Å². The zero-order valence-electron chi connectivity index (χ0n) is 17.4. The van der Waals surface area contributed by atoms with Crippen LogP contribution in [0.4, 0.5) is 5.69 Å². The number of hydrogen-bond donors (Lipinski definition) is 2. The first-order valence-corrected chi connectivity index (χ1v) is 12.0. The van der Waals surface area contributed by atoms with E-state index in [1.165, 1.54) is 11.3 Å². The number of amides is 1. The maximum absolute atomic E-state index is 12.6. The lowest BCUT2D eigenvalue weighted by atomic mass is 10.2. The van der Waals surface area contributed by atoms with E-state index in [4.69, 9.17) is 17.0 Å². The Morgan fingerprint density at radius 1 is 1.25 bits per heavy atom. The quantitative estimate of drug-likeness (QED) is 0.219. The molecule has 1 amide bonds. The summed E-state index contributed by atoms with van der Waals surface area (Å²) in [5.41, 5.74) is 2.71. The fraction of sp³-hybridized carbons (Fsp3) is 0.182.